The Balaban J connectivity index is 1.65. The van der Waals surface area contributed by atoms with Crippen molar-refractivity contribution in [3.05, 3.63) is 99.4 Å². The average Bonchev–Trinajstić information content (AvgIpc) is 3.37. The standard InChI is InChI=1S/C26H17Cl2NO6/c1-34-20-9-5-16(12-18(20)28)29-23(13-2-6-17(30)7-3-13)22(25(32)26(29)33)24(31)21-11-14-10-15(27)4-8-19(14)35-21/h2-12,23,30,32H,1H3. The van der Waals surface area contributed by atoms with E-state index in [4.69, 9.17) is 32.4 Å². The molecule has 0 saturated carbocycles. The van der Waals surface area contributed by atoms with E-state index in [1.165, 1.54) is 36.3 Å². The summed E-state index contributed by atoms with van der Waals surface area (Å²) in [6.45, 7) is 0. The maximum atomic E-state index is 13.6. The van der Waals surface area contributed by atoms with Crippen molar-refractivity contribution >= 4 is 51.5 Å². The monoisotopic (exact) mass is 509 g/mol. The molecule has 0 spiro atoms. The Morgan fingerprint density at radius 3 is 2.43 bits per heavy atom. The Hall–Kier alpha value is -3.94. The largest absolute Gasteiger partial charge is 0.508 e. The number of carbonyl (C=O) groups excluding carboxylic acids is 2. The van der Waals surface area contributed by atoms with Crippen molar-refractivity contribution < 1.29 is 29.0 Å². The normalized spacial score (nSPS) is 15.8. The lowest BCUT2D eigenvalue weighted by atomic mass is 9.94. The first-order valence-corrected chi connectivity index (χ1v) is 11.2. The van der Waals surface area contributed by atoms with Gasteiger partial charge in [0.15, 0.2) is 11.5 Å². The van der Waals surface area contributed by atoms with Crippen molar-refractivity contribution in [2.45, 2.75) is 6.04 Å². The van der Waals surface area contributed by atoms with Gasteiger partial charge in [-0.2, -0.15) is 0 Å². The SMILES string of the molecule is COc1ccc(N2C(=O)C(O)=C(C(=O)c3cc4cc(Cl)ccc4o3)C2c2ccc(O)cc2)cc1Cl. The number of halogens is 2. The Bertz CT molecular complexity index is 1520. The van der Waals surface area contributed by atoms with Crippen molar-refractivity contribution in [3.8, 4) is 11.5 Å². The molecular weight excluding hydrogens is 493 g/mol. The van der Waals surface area contributed by atoms with Crippen LogP contribution in [0.25, 0.3) is 11.0 Å². The Morgan fingerprint density at radius 2 is 1.74 bits per heavy atom. The number of hydrogen-bond donors (Lipinski definition) is 2. The maximum absolute atomic E-state index is 13.6. The van der Waals surface area contributed by atoms with E-state index in [-0.39, 0.29) is 22.1 Å². The molecule has 0 bridgehead atoms. The van der Waals surface area contributed by atoms with E-state index in [9.17, 15) is 19.8 Å². The highest BCUT2D eigenvalue weighted by molar-refractivity contribution is 6.32. The minimum absolute atomic E-state index is 0.00681. The number of carbonyl (C=O) groups is 2. The smallest absolute Gasteiger partial charge is 0.294 e. The maximum Gasteiger partial charge on any atom is 0.294 e. The molecule has 9 heteroatoms. The predicted octanol–water partition coefficient (Wildman–Crippen LogP) is 6.24. The van der Waals surface area contributed by atoms with Gasteiger partial charge in [0.1, 0.15) is 17.1 Å². The van der Waals surface area contributed by atoms with Gasteiger partial charge >= 0.3 is 0 Å². The Kier molecular flexibility index (Phi) is 5.67. The highest BCUT2D eigenvalue weighted by Crippen LogP contribution is 2.44. The molecule has 35 heavy (non-hydrogen) atoms. The molecular formula is C26H17Cl2NO6. The van der Waals surface area contributed by atoms with Crippen molar-refractivity contribution in [1.29, 1.82) is 0 Å². The molecule has 3 aromatic carbocycles. The molecule has 1 aromatic heterocycles. The summed E-state index contributed by atoms with van der Waals surface area (Å²) >= 11 is 12.3. The molecule has 1 aliphatic heterocycles. The van der Waals surface area contributed by atoms with Crippen LogP contribution in [0.1, 0.15) is 22.2 Å². The lowest BCUT2D eigenvalue weighted by Gasteiger charge is -2.27. The number of nitrogens with zero attached hydrogens (tertiary/aromatic N) is 1. The molecule has 7 nitrogen and oxygen atoms in total. The summed E-state index contributed by atoms with van der Waals surface area (Å²) in [6, 6.07) is 16.1. The number of phenols is 1. The third-order valence-corrected chi connectivity index (χ3v) is 6.31. The van der Waals surface area contributed by atoms with Gasteiger partial charge in [0.2, 0.25) is 5.78 Å². The first kappa shape index (κ1) is 22.8. The molecule has 2 N–H and O–H groups in total. The van der Waals surface area contributed by atoms with Crippen LogP contribution in [0.4, 0.5) is 5.69 Å². The Labute approximate surface area is 209 Å². The number of aliphatic hydroxyl groups excluding tert-OH is 1. The second-order valence-corrected chi connectivity index (χ2v) is 8.72. The summed E-state index contributed by atoms with van der Waals surface area (Å²) in [5.74, 6) is -1.81. The minimum Gasteiger partial charge on any atom is -0.508 e. The number of fused-ring (bicyclic) bond motifs is 1. The molecule has 1 unspecified atom stereocenters. The van der Waals surface area contributed by atoms with Gasteiger partial charge in [-0.3, -0.25) is 14.5 Å². The second-order valence-electron chi connectivity index (χ2n) is 7.87. The first-order chi connectivity index (χ1) is 16.8. The van der Waals surface area contributed by atoms with E-state index in [0.29, 0.717) is 33.0 Å². The van der Waals surface area contributed by atoms with E-state index in [2.05, 4.69) is 0 Å². The zero-order valence-electron chi connectivity index (χ0n) is 18.2. The Morgan fingerprint density at radius 1 is 1.00 bits per heavy atom. The fourth-order valence-corrected chi connectivity index (χ4v) is 4.57. The van der Waals surface area contributed by atoms with Gasteiger partial charge in [-0.25, -0.2) is 0 Å². The number of rotatable bonds is 5. The van der Waals surface area contributed by atoms with E-state index < -0.39 is 23.5 Å². The third kappa shape index (κ3) is 3.88. The predicted molar refractivity (Wildman–Crippen MR) is 132 cm³/mol. The van der Waals surface area contributed by atoms with Crippen LogP contribution in [0.2, 0.25) is 10.0 Å². The summed E-state index contributed by atoms with van der Waals surface area (Å²) < 4.78 is 10.9. The summed E-state index contributed by atoms with van der Waals surface area (Å²) in [5, 5.41) is 22.0. The summed E-state index contributed by atoms with van der Waals surface area (Å²) in [4.78, 5) is 28.2. The fraction of sp³-hybridized carbons (Fsp3) is 0.0769. The van der Waals surface area contributed by atoms with E-state index in [0.717, 1.165) is 0 Å². The van der Waals surface area contributed by atoms with Crippen LogP contribution in [-0.2, 0) is 4.79 Å². The number of aliphatic hydroxyl groups is 1. The van der Waals surface area contributed by atoms with Crippen LogP contribution in [0.5, 0.6) is 11.5 Å². The number of anilines is 1. The first-order valence-electron chi connectivity index (χ1n) is 10.4. The molecule has 4 aromatic rings. The molecule has 1 atom stereocenters. The van der Waals surface area contributed by atoms with Gasteiger partial charge in [0.25, 0.3) is 5.91 Å². The lowest BCUT2D eigenvalue weighted by Crippen LogP contribution is -2.31. The summed E-state index contributed by atoms with van der Waals surface area (Å²) in [6.07, 6.45) is 0. The number of ether oxygens (including phenoxy) is 1. The highest BCUT2D eigenvalue weighted by Gasteiger charge is 2.45. The number of aromatic hydroxyl groups is 1. The fourth-order valence-electron chi connectivity index (χ4n) is 4.14. The van der Waals surface area contributed by atoms with Gasteiger partial charge in [-0.05, 0) is 60.2 Å². The van der Waals surface area contributed by atoms with E-state index in [1.807, 2.05) is 0 Å². The van der Waals surface area contributed by atoms with Crippen LogP contribution in [0, 0.1) is 0 Å². The number of benzene rings is 3. The minimum atomic E-state index is -1.02. The van der Waals surface area contributed by atoms with Crippen molar-refractivity contribution in [2.75, 3.05) is 12.0 Å². The van der Waals surface area contributed by atoms with Crippen molar-refractivity contribution in [3.63, 3.8) is 0 Å². The van der Waals surface area contributed by atoms with Gasteiger partial charge in [-0.15, -0.1) is 0 Å². The lowest BCUT2D eigenvalue weighted by molar-refractivity contribution is -0.117. The van der Waals surface area contributed by atoms with Gasteiger partial charge in [-0.1, -0.05) is 35.3 Å². The third-order valence-electron chi connectivity index (χ3n) is 5.78. The highest BCUT2D eigenvalue weighted by atomic mass is 35.5. The topological polar surface area (TPSA) is 100 Å². The molecule has 0 saturated heterocycles. The van der Waals surface area contributed by atoms with E-state index in [1.54, 1.807) is 42.5 Å². The van der Waals surface area contributed by atoms with Gasteiger partial charge in [0, 0.05) is 16.1 Å². The summed E-state index contributed by atoms with van der Waals surface area (Å²) in [7, 11) is 1.46. The molecule has 0 radical (unpaired) electrons. The number of amides is 1. The number of furan rings is 1. The van der Waals surface area contributed by atoms with E-state index >= 15 is 0 Å². The zero-order chi connectivity index (χ0) is 24.9. The number of phenolic OH excluding ortho intramolecular Hbond substituents is 1. The number of ketones is 1. The number of hydrogen-bond acceptors (Lipinski definition) is 6. The van der Waals surface area contributed by atoms with Crippen molar-refractivity contribution in [2.24, 2.45) is 0 Å². The van der Waals surface area contributed by atoms with Gasteiger partial charge in [0.05, 0.1) is 23.7 Å². The van der Waals surface area contributed by atoms with Crippen LogP contribution >= 0.6 is 23.2 Å². The van der Waals surface area contributed by atoms with Crippen LogP contribution in [0.15, 0.2) is 82.5 Å². The van der Waals surface area contributed by atoms with Gasteiger partial charge < -0.3 is 19.4 Å². The zero-order valence-corrected chi connectivity index (χ0v) is 19.7. The molecule has 176 valence electrons. The molecule has 1 aliphatic rings. The molecule has 5 rings (SSSR count). The molecule has 1 amide bonds. The molecule has 2 heterocycles. The van der Waals surface area contributed by atoms with Crippen molar-refractivity contribution in [1.82, 2.24) is 0 Å². The quantitative estimate of drug-likeness (QED) is 0.309. The summed E-state index contributed by atoms with van der Waals surface area (Å²) in [5.41, 5.74) is 1.08. The van der Waals surface area contributed by atoms with Crippen LogP contribution in [-0.4, -0.2) is 29.0 Å². The second kappa shape index (κ2) is 8.69. The number of Topliss-reactive ketones (excluding diaryl/α,β-unsaturated/α-hetero) is 1. The van der Waals surface area contributed by atoms with Crippen LogP contribution < -0.4 is 9.64 Å². The van der Waals surface area contributed by atoms with Crippen LogP contribution in [0.3, 0.4) is 0 Å². The number of methoxy groups -OCH3 is 1. The molecule has 0 fully saturated rings. The average molecular weight is 510 g/mol. The molecule has 0 aliphatic carbocycles.